The molecule has 0 atom stereocenters. The van der Waals surface area contributed by atoms with Crippen molar-refractivity contribution in [2.24, 2.45) is 0 Å². The molecule has 3 aromatic rings. The van der Waals surface area contributed by atoms with Gasteiger partial charge >= 0.3 is 0 Å². The fourth-order valence-electron chi connectivity index (χ4n) is 1.52. The summed E-state index contributed by atoms with van der Waals surface area (Å²) in [6.45, 7) is 0. The third kappa shape index (κ3) is 2.21. The van der Waals surface area contributed by atoms with E-state index in [1.807, 2.05) is 54.0 Å². The van der Waals surface area contributed by atoms with E-state index in [1.165, 1.54) is 0 Å². The number of rotatable bonds is 3. The molecule has 4 heteroatoms. The number of hydrogen-bond donors (Lipinski definition) is 0. The predicted octanol–water partition coefficient (Wildman–Crippen LogP) is 3.73. The SMILES string of the molecule is c1ccc(-n2cc(Oc3cccs3)cn2)cc1. The molecule has 2 heterocycles. The Bertz CT molecular complexity index is 587. The first-order chi connectivity index (χ1) is 8.42. The van der Waals surface area contributed by atoms with Crippen LogP contribution in [0, 0.1) is 0 Å². The molecule has 3 nitrogen and oxygen atoms in total. The molecule has 3 rings (SSSR count). The zero-order valence-corrected chi connectivity index (χ0v) is 9.80. The van der Waals surface area contributed by atoms with Gasteiger partial charge in [-0.05, 0) is 29.6 Å². The topological polar surface area (TPSA) is 27.1 Å². The summed E-state index contributed by atoms with van der Waals surface area (Å²) in [5.74, 6) is 0.747. The minimum Gasteiger partial charge on any atom is -0.443 e. The first-order valence-electron chi connectivity index (χ1n) is 5.23. The molecule has 0 saturated heterocycles. The second-order valence-corrected chi connectivity index (χ2v) is 4.40. The Morgan fingerprint density at radius 2 is 1.94 bits per heavy atom. The van der Waals surface area contributed by atoms with Crippen LogP contribution in [0.3, 0.4) is 0 Å². The van der Waals surface area contributed by atoms with Gasteiger partial charge in [-0.3, -0.25) is 0 Å². The number of hydrogen-bond acceptors (Lipinski definition) is 3. The van der Waals surface area contributed by atoms with Crippen molar-refractivity contribution in [3.63, 3.8) is 0 Å². The van der Waals surface area contributed by atoms with Crippen LogP contribution in [0.2, 0.25) is 0 Å². The predicted molar refractivity (Wildman–Crippen MR) is 68.0 cm³/mol. The van der Waals surface area contributed by atoms with Gasteiger partial charge in [0.2, 0.25) is 0 Å². The van der Waals surface area contributed by atoms with E-state index in [4.69, 9.17) is 4.74 Å². The van der Waals surface area contributed by atoms with Crippen LogP contribution in [0.15, 0.2) is 60.2 Å². The highest BCUT2D eigenvalue weighted by Gasteiger charge is 2.02. The third-order valence-corrected chi connectivity index (χ3v) is 3.04. The normalized spacial score (nSPS) is 10.4. The molecule has 0 aliphatic rings. The summed E-state index contributed by atoms with van der Waals surface area (Å²) in [7, 11) is 0. The zero-order chi connectivity index (χ0) is 11.5. The van der Waals surface area contributed by atoms with Gasteiger partial charge in [0.15, 0.2) is 10.8 Å². The van der Waals surface area contributed by atoms with Crippen molar-refractivity contribution >= 4 is 11.3 Å². The summed E-state index contributed by atoms with van der Waals surface area (Å²) in [6.07, 6.45) is 3.59. The minimum atomic E-state index is 0.747. The van der Waals surface area contributed by atoms with Gasteiger partial charge in [-0.15, -0.1) is 11.3 Å². The lowest BCUT2D eigenvalue weighted by molar-refractivity contribution is 0.496. The van der Waals surface area contributed by atoms with Gasteiger partial charge in [0, 0.05) is 0 Å². The molecule has 1 aromatic carbocycles. The standard InChI is InChI=1S/C13H10N2OS/c1-2-5-11(6-3-1)15-10-12(9-14-15)16-13-7-4-8-17-13/h1-10H. The molecule has 84 valence electrons. The van der Waals surface area contributed by atoms with Gasteiger partial charge in [0.1, 0.15) is 0 Å². The summed E-state index contributed by atoms with van der Waals surface area (Å²) in [5, 5.41) is 7.12. The van der Waals surface area contributed by atoms with Crippen LogP contribution in [0.25, 0.3) is 5.69 Å². The quantitative estimate of drug-likeness (QED) is 0.699. The maximum atomic E-state index is 5.66. The Balaban J connectivity index is 1.84. The summed E-state index contributed by atoms with van der Waals surface area (Å²) < 4.78 is 7.45. The molecule has 0 amide bonds. The van der Waals surface area contributed by atoms with E-state index in [9.17, 15) is 0 Å². The third-order valence-electron chi connectivity index (χ3n) is 2.29. The fourth-order valence-corrected chi connectivity index (χ4v) is 2.11. The first-order valence-corrected chi connectivity index (χ1v) is 6.11. The first kappa shape index (κ1) is 10.1. The summed E-state index contributed by atoms with van der Waals surface area (Å²) in [4.78, 5) is 0. The van der Waals surface area contributed by atoms with E-state index in [-0.39, 0.29) is 0 Å². The van der Waals surface area contributed by atoms with Crippen LogP contribution < -0.4 is 4.74 Å². The monoisotopic (exact) mass is 242 g/mol. The molecule has 0 aliphatic heterocycles. The van der Waals surface area contributed by atoms with Gasteiger partial charge in [0.05, 0.1) is 18.1 Å². The summed E-state index contributed by atoms with van der Waals surface area (Å²) in [6, 6.07) is 13.8. The van der Waals surface area contributed by atoms with E-state index < -0.39 is 0 Å². The van der Waals surface area contributed by atoms with Crippen LogP contribution in [0.5, 0.6) is 10.8 Å². The van der Waals surface area contributed by atoms with Gasteiger partial charge in [0.25, 0.3) is 0 Å². The van der Waals surface area contributed by atoms with E-state index in [2.05, 4.69) is 5.10 Å². The Morgan fingerprint density at radius 3 is 2.71 bits per heavy atom. The van der Waals surface area contributed by atoms with Crippen molar-refractivity contribution in [3.8, 4) is 16.5 Å². The molecule has 0 N–H and O–H groups in total. The molecule has 0 saturated carbocycles. The lowest BCUT2D eigenvalue weighted by Gasteiger charge is -1.99. The Morgan fingerprint density at radius 1 is 1.06 bits per heavy atom. The van der Waals surface area contributed by atoms with Crippen molar-refractivity contribution in [2.75, 3.05) is 0 Å². The lowest BCUT2D eigenvalue weighted by atomic mass is 10.3. The van der Waals surface area contributed by atoms with Gasteiger partial charge < -0.3 is 4.74 Å². The zero-order valence-electron chi connectivity index (χ0n) is 8.98. The second kappa shape index (κ2) is 4.43. The number of para-hydroxylation sites is 1. The summed E-state index contributed by atoms with van der Waals surface area (Å²) in [5.41, 5.74) is 1.02. The van der Waals surface area contributed by atoms with E-state index in [0.717, 1.165) is 16.5 Å². The van der Waals surface area contributed by atoms with Crippen LogP contribution in [0.4, 0.5) is 0 Å². The Labute approximate surface area is 103 Å². The highest BCUT2D eigenvalue weighted by atomic mass is 32.1. The average Bonchev–Trinajstić information content (AvgIpc) is 3.02. The molecule has 0 unspecified atom stereocenters. The molecule has 17 heavy (non-hydrogen) atoms. The molecule has 0 bridgehead atoms. The largest absolute Gasteiger partial charge is 0.443 e. The fraction of sp³-hybridized carbons (Fsp3) is 0. The molecule has 0 fully saturated rings. The van der Waals surface area contributed by atoms with E-state index in [1.54, 1.807) is 22.2 Å². The van der Waals surface area contributed by atoms with Crippen molar-refractivity contribution in [3.05, 3.63) is 60.2 Å². The maximum Gasteiger partial charge on any atom is 0.181 e. The molecule has 2 aromatic heterocycles. The van der Waals surface area contributed by atoms with E-state index >= 15 is 0 Å². The average molecular weight is 242 g/mol. The number of aromatic nitrogens is 2. The lowest BCUT2D eigenvalue weighted by Crippen LogP contribution is -1.92. The molecule has 0 aliphatic carbocycles. The molecule has 0 spiro atoms. The van der Waals surface area contributed by atoms with Gasteiger partial charge in [-0.25, -0.2) is 4.68 Å². The van der Waals surface area contributed by atoms with Crippen LogP contribution in [-0.2, 0) is 0 Å². The van der Waals surface area contributed by atoms with Gasteiger partial charge in [-0.1, -0.05) is 18.2 Å². The highest BCUT2D eigenvalue weighted by molar-refractivity contribution is 7.11. The number of ether oxygens (including phenoxy) is 1. The van der Waals surface area contributed by atoms with Crippen molar-refractivity contribution in [1.82, 2.24) is 9.78 Å². The van der Waals surface area contributed by atoms with Crippen molar-refractivity contribution in [1.29, 1.82) is 0 Å². The second-order valence-electron chi connectivity index (χ2n) is 3.49. The molecular weight excluding hydrogens is 232 g/mol. The number of nitrogens with zero attached hydrogens (tertiary/aromatic N) is 2. The van der Waals surface area contributed by atoms with E-state index in [0.29, 0.717) is 0 Å². The maximum absolute atomic E-state index is 5.66. The number of benzene rings is 1. The van der Waals surface area contributed by atoms with Crippen LogP contribution in [0.1, 0.15) is 0 Å². The minimum absolute atomic E-state index is 0.747. The summed E-state index contributed by atoms with van der Waals surface area (Å²) >= 11 is 1.56. The molecule has 0 radical (unpaired) electrons. The number of thiophene rings is 1. The van der Waals surface area contributed by atoms with Crippen molar-refractivity contribution in [2.45, 2.75) is 0 Å². The van der Waals surface area contributed by atoms with Crippen LogP contribution in [-0.4, -0.2) is 9.78 Å². The van der Waals surface area contributed by atoms with Crippen LogP contribution >= 0.6 is 11.3 Å². The van der Waals surface area contributed by atoms with Crippen molar-refractivity contribution < 1.29 is 4.74 Å². The van der Waals surface area contributed by atoms with Gasteiger partial charge in [-0.2, -0.15) is 5.10 Å². The highest BCUT2D eigenvalue weighted by Crippen LogP contribution is 2.25. The molecular formula is C13H10N2OS. The Hall–Kier alpha value is -2.07. The smallest absolute Gasteiger partial charge is 0.181 e. The Kier molecular flexibility index (Phi) is 2.63.